The molecule has 0 aliphatic carbocycles. The highest BCUT2D eigenvalue weighted by molar-refractivity contribution is 6.46. The molecule has 1 aliphatic heterocycles. The predicted molar refractivity (Wildman–Crippen MR) is 154 cm³/mol. The number of rotatable bonds is 14. The minimum absolute atomic E-state index is 0.0119. The normalized spacial score (nSPS) is 16.5. The number of unbranched alkanes of at least 4 members (excludes halogenated alkanes) is 1. The fourth-order valence-corrected chi connectivity index (χ4v) is 4.95. The number of ketones is 1. The van der Waals surface area contributed by atoms with Gasteiger partial charge < -0.3 is 33.9 Å². The molecule has 2 aromatic carbocycles. The second-order valence-corrected chi connectivity index (χ2v) is 9.66. The molecule has 0 radical (unpaired) electrons. The molecule has 1 aliphatic rings. The summed E-state index contributed by atoms with van der Waals surface area (Å²) in [5.74, 6) is 0.228. The number of ether oxygens (including phenoxy) is 4. The van der Waals surface area contributed by atoms with Crippen LogP contribution >= 0.6 is 0 Å². The molecule has 3 rings (SSSR count). The molecule has 9 nitrogen and oxygen atoms in total. The fraction of sp³-hybridized carbons (Fsp3) is 0.484. The van der Waals surface area contributed by atoms with Gasteiger partial charge in [-0.1, -0.05) is 27.2 Å². The molecule has 2 aromatic rings. The molecule has 9 heteroatoms. The summed E-state index contributed by atoms with van der Waals surface area (Å²) in [6.45, 7) is 11.2. The lowest BCUT2D eigenvalue weighted by molar-refractivity contribution is -0.140. The van der Waals surface area contributed by atoms with Gasteiger partial charge in [0.15, 0.2) is 11.5 Å². The highest BCUT2D eigenvalue weighted by Gasteiger charge is 2.46. The van der Waals surface area contributed by atoms with Crippen LogP contribution in [0.2, 0.25) is 0 Å². The molecule has 1 N–H and O–H groups in total. The largest absolute Gasteiger partial charge is 0.507 e. The van der Waals surface area contributed by atoms with Crippen molar-refractivity contribution < 1.29 is 33.6 Å². The maximum atomic E-state index is 13.5. The van der Waals surface area contributed by atoms with Gasteiger partial charge in [-0.2, -0.15) is 0 Å². The molecular weight excluding hydrogens is 512 g/mol. The Labute approximate surface area is 237 Å². The Bertz CT molecular complexity index is 1210. The summed E-state index contributed by atoms with van der Waals surface area (Å²) < 4.78 is 22.5. The Morgan fingerprint density at radius 1 is 0.950 bits per heavy atom. The van der Waals surface area contributed by atoms with Crippen LogP contribution in [0.25, 0.3) is 5.76 Å². The predicted octanol–water partition coefficient (Wildman–Crippen LogP) is 4.96. The van der Waals surface area contributed by atoms with Crippen molar-refractivity contribution in [1.82, 2.24) is 9.80 Å². The van der Waals surface area contributed by atoms with Gasteiger partial charge >= 0.3 is 0 Å². The Balaban J connectivity index is 2.17. The van der Waals surface area contributed by atoms with E-state index in [1.165, 1.54) is 26.2 Å². The van der Waals surface area contributed by atoms with E-state index in [1.807, 2.05) is 20.8 Å². The van der Waals surface area contributed by atoms with Crippen LogP contribution in [0.5, 0.6) is 23.0 Å². The van der Waals surface area contributed by atoms with Crippen molar-refractivity contribution in [1.29, 1.82) is 0 Å². The van der Waals surface area contributed by atoms with Crippen LogP contribution in [0.4, 0.5) is 0 Å². The van der Waals surface area contributed by atoms with Crippen molar-refractivity contribution in [2.45, 2.75) is 46.6 Å². The van der Waals surface area contributed by atoms with Gasteiger partial charge in [-0.25, -0.2) is 0 Å². The smallest absolute Gasteiger partial charge is 0.295 e. The number of hydrogen-bond donors (Lipinski definition) is 1. The average Bonchev–Trinajstić information content (AvgIpc) is 3.22. The molecule has 1 heterocycles. The number of carbonyl (C=O) groups is 2. The van der Waals surface area contributed by atoms with Crippen LogP contribution < -0.4 is 18.9 Å². The first-order valence-electron chi connectivity index (χ1n) is 13.8. The lowest BCUT2D eigenvalue weighted by Gasteiger charge is -2.29. The van der Waals surface area contributed by atoms with Crippen molar-refractivity contribution in [2.75, 3.05) is 54.1 Å². The third kappa shape index (κ3) is 6.36. The zero-order valence-electron chi connectivity index (χ0n) is 24.7. The number of nitrogens with zero attached hydrogens (tertiary/aromatic N) is 2. The van der Waals surface area contributed by atoms with Crippen molar-refractivity contribution in [2.24, 2.45) is 0 Å². The zero-order valence-corrected chi connectivity index (χ0v) is 24.7. The summed E-state index contributed by atoms with van der Waals surface area (Å²) >= 11 is 0. The average molecular weight is 555 g/mol. The minimum Gasteiger partial charge on any atom is -0.507 e. The molecule has 1 atom stereocenters. The zero-order chi connectivity index (χ0) is 29.4. The van der Waals surface area contributed by atoms with Crippen molar-refractivity contribution in [3.8, 4) is 23.0 Å². The summed E-state index contributed by atoms with van der Waals surface area (Å²) in [6.07, 6.45) is 1.96. The lowest BCUT2D eigenvalue weighted by Crippen LogP contribution is -2.38. The number of carbonyl (C=O) groups excluding carboxylic acids is 2. The van der Waals surface area contributed by atoms with Crippen molar-refractivity contribution in [3.05, 3.63) is 52.6 Å². The number of aliphatic hydroxyl groups is 1. The third-order valence-electron chi connectivity index (χ3n) is 7.30. The van der Waals surface area contributed by atoms with Gasteiger partial charge in [-0.15, -0.1) is 0 Å². The van der Waals surface area contributed by atoms with Gasteiger partial charge in [0.2, 0.25) is 5.75 Å². The van der Waals surface area contributed by atoms with Gasteiger partial charge in [0.1, 0.15) is 11.5 Å². The molecule has 0 bridgehead atoms. The number of methoxy groups -OCH3 is 3. The molecular formula is C31H42N2O7. The number of Topliss-reactive ketones (excluding diaryl/α,β-unsaturated/α-hetero) is 1. The number of benzene rings is 2. The molecule has 0 saturated carbocycles. The first kappa shape index (κ1) is 30.8. The second-order valence-electron chi connectivity index (χ2n) is 9.66. The third-order valence-corrected chi connectivity index (χ3v) is 7.30. The fourth-order valence-electron chi connectivity index (χ4n) is 4.95. The van der Waals surface area contributed by atoms with Gasteiger partial charge in [0, 0.05) is 18.7 Å². The van der Waals surface area contributed by atoms with E-state index in [-0.39, 0.29) is 11.3 Å². The molecule has 1 fully saturated rings. The van der Waals surface area contributed by atoms with Crippen molar-refractivity contribution >= 4 is 17.4 Å². The first-order chi connectivity index (χ1) is 19.3. The van der Waals surface area contributed by atoms with Gasteiger partial charge in [-0.05, 0) is 67.9 Å². The van der Waals surface area contributed by atoms with Crippen LogP contribution in [0.3, 0.4) is 0 Å². The van der Waals surface area contributed by atoms with Crippen LogP contribution in [-0.4, -0.2) is 80.7 Å². The Morgan fingerprint density at radius 2 is 1.60 bits per heavy atom. The standard InChI is InChI=1S/C31H42N2O7/c1-8-11-16-40-23-13-12-21(17-20(23)4)28(34)26-27(22-18-24(37-5)30(39-7)25(19-22)38-6)33(31(36)29(26)35)15-14-32(9-2)10-3/h12-13,17-19,27,34H,8-11,14-16H2,1-7H3/b28-26+/t27-/m0/s1. The maximum Gasteiger partial charge on any atom is 0.295 e. The van der Waals surface area contributed by atoms with Crippen LogP contribution in [0, 0.1) is 6.92 Å². The number of amides is 1. The van der Waals surface area contributed by atoms with E-state index in [1.54, 1.807) is 30.3 Å². The summed E-state index contributed by atoms with van der Waals surface area (Å²) in [7, 11) is 4.52. The summed E-state index contributed by atoms with van der Waals surface area (Å²) in [5.41, 5.74) is 1.82. The van der Waals surface area contributed by atoms with Crippen LogP contribution in [-0.2, 0) is 9.59 Å². The maximum absolute atomic E-state index is 13.5. The molecule has 1 amide bonds. The monoisotopic (exact) mass is 554 g/mol. The van der Waals surface area contributed by atoms with Gasteiger partial charge in [0.05, 0.1) is 39.6 Å². The van der Waals surface area contributed by atoms with E-state index in [9.17, 15) is 14.7 Å². The Hall–Kier alpha value is -3.72. The number of likely N-dealkylation sites (N-methyl/N-ethyl adjacent to an activating group) is 1. The molecule has 40 heavy (non-hydrogen) atoms. The van der Waals surface area contributed by atoms with Crippen molar-refractivity contribution in [3.63, 3.8) is 0 Å². The number of likely N-dealkylation sites (tertiary alicyclic amines) is 1. The Morgan fingerprint density at radius 3 is 2.12 bits per heavy atom. The van der Waals surface area contributed by atoms with E-state index >= 15 is 0 Å². The quantitative estimate of drug-likeness (QED) is 0.151. The van der Waals surface area contributed by atoms with Crippen LogP contribution in [0.15, 0.2) is 35.9 Å². The van der Waals surface area contributed by atoms with Gasteiger partial charge in [-0.3, -0.25) is 9.59 Å². The SMILES string of the molecule is CCCCOc1ccc(/C(O)=C2\C(=O)C(=O)N(CCN(CC)CC)[C@H]2c2cc(OC)c(OC)c(OC)c2)cc1C. The summed E-state index contributed by atoms with van der Waals surface area (Å²) in [4.78, 5) is 30.6. The summed E-state index contributed by atoms with van der Waals surface area (Å²) in [6, 6.07) is 7.83. The van der Waals surface area contributed by atoms with Gasteiger partial charge in [0.25, 0.3) is 11.7 Å². The van der Waals surface area contributed by atoms with E-state index in [4.69, 9.17) is 18.9 Å². The highest BCUT2D eigenvalue weighted by atomic mass is 16.5. The Kier molecular flexibility index (Phi) is 10.8. The lowest BCUT2D eigenvalue weighted by atomic mass is 9.94. The second kappa shape index (κ2) is 14.1. The molecule has 0 spiro atoms. The summed E-state index contributed by atoms with van der Waals surface area (Å²) in [5, 5.41) is 11.6. The van der Waals surface area contributed by atoms with E-state index < -0.39 is 17.7 Å². The first-order valence-corrected chi connectivity index (χ1v) is 13.8. The topological polar surface area (TPSA) is 97.8 Å². The molecule has 0 aromatic heterocycles. The molecule has 218 valence electrons. The molecule has 0 unspecified atom stereocenters. The number of hydrogen-bond acceptors (Lipinski definition) is 8. The molecule has 1 saturated heterocycles. The minimum atomic E-state index is -0.856. The van der Waals surface area contributed by atoms with E-state index in [2.05, 4.69) is 11.8 Å². The number of aliphatic hydroxyl groups excluding tert-OH is 1. The van der Waals surface area contributed by atoms with E-state index in [0.717, 1.165) is 31.5 Å². The number of aryl methyl sites for hydroxylation is 1. The highest BCUT2D eigenvalue weighted by Crippen LogP contribution is 2.45. The van der Waals surface area contributed by atoms with Crippen LogP contribution in [0.1, 0.15) is 56.3 Å². The van der Waals surface area contributed by atoms with E-state index in [0.29, 0.717) is 53.8 Å².